The van der Waals surface area contributed by atoms with Gasteiger partial charge in [-0.05, 0) is 19.4 Å². The Morgan fingerprint density at radius 3 is 2.31 bits per heavy atom. The van der Waals surface area contributed by atoms with Crippen molar-refractivity contribution in [3.63, 3.8) is 0 Å². The zero-order chi connectivity index (χ0) is 10.3. The van der Waals surface area contributed by atoms with Crippen LogP contribution in [0, 0.1) is 0 Å². The van der Waals surface area contributed by atoms with Gasteiger partial charge in [0.2, 0.25) is 0 Å². The third-order valence-corrected chi connectivity index (χ3v) is 2.37. The van der Waals surface area contributed by atoms with Gasteiger partial charge in [0.1, 0.15) is 5.54 Å². The molecule has 0 aliphatic heterocycles. The van der Waals surface area contributed by atoms with Crippen LogP contribution in [0.2, 0.25) is 0 Å². The molecule has 0 saturated heterocycles. The molecule has 0 saturated carbocycles. The first-order valence-electron chi connectivity index (χ1n) is 5.00. The van der Waals surface area contributed by atoms with Gasteiger partial charge in [-0.3, -0.25) is 4.79 Å². The molecule has 1 atom stereocenters. The van der Waals surface area contributed by atoms with E-state index >= 15 is 0 Å². The summed E-state index contributed by atoms with van der Waals surface area (Å²) in [7, 11) is 1.44. The van der Waals surface area contributed by atoms with Crippen LogP contribution in [0.4, 0.5) is 0 Å². The Bertz CT molecular complexity index is 151. The standard InChI is InChI=1S/C10H21NO2/c1-5-8-10(6-2,11-7-3)9(12)13-4/h11H,5-8H2,1-4H3. The van der Waals surface area contributed by atoms with Crippen LogP contribution in [-0.4, -0.2) is 25.2 Å². The molecule has 0 aromatic rings. The van der Waals surface area contributed by atoms with Crippen LogP contribution in [-0.2, 0) is 9.53 Å². The van der Waals surface area contributed by atoms with Gasteiger partial charge in [0.05, 0.1) is 7.11 Å². The van der Waals surface area contributed by atoms with E-state index in [2.05, 4.69) is 12.2 Å². The van der Waals surface area contributed by atoms with Crippen molar-refractivity contribution < 1.29 is 9.53 Å². The third kappa shape index (κ3) is 2.99. The first kappa shape index (κ1) is 12.4. The van der Waals surface area contributed by atoms with Gasteiger partial charge in [-0.15, -0.1) is 0 Å². The second-order valence-electron chi connectivity index (χ2n) is 3.21. The van der Waals surface area contributed by atoms with Crippen LogP contribution in [0.25, 0.3) is 0 Å². The highest BCUT2D eigenvalue weighted by atomic mass is 16.5. The summed E-state index contributed by atoms with van der Waals surface area (Å²) in [6.45, 7) is 6.88. The van der Waals surface area contributed by atoms with Crippen molar-refractivity contribution in [3.8, 4) is 0 Å². The van der Waals surface area contributed by atoms with Crippen molar-refractivity contribution in [1.82, 2.24) is 5.32 Å². The molecule has 0 fully saturated rings. The molecule has 0 aliphatic carbocycles. The Hall–Kier alpha value is -0.570. The largest absolute Gasteiger partial charge is 0.468 e. The summed E-state index contributed by atoms with van der Waals surface area (Å²) in [5, 5.41) is 3.22. The number of carbonyl (C=O) groups excluding carboxylic acids is 1. The van der Waals surface area contributed by atoms with E-state index in [9.17, 15) is 4.79 Å². The quantitative estimate of drug-likeness (QED) is 0.643. The van der Waals surface area contributed by atoms with E-state index in [4.69, 9.17) is 4.74 Å². The fourth-order valence-corrected chi connectivity index (χ4v) is 1.67. The average molecular weight is 187 g/mol. The number of hydrogen-bond donors (Lipinski definition) is 1. The van der Waals surface area contributed by atoms with Gasteiger partial charge >= 0.3 is 5.97 Å². The predicted octanol–water partition coefficient (Wildman–Crippen LogP) is 1.72. The molecule has 0 heterocycles. The van der Waals surface area contributed by atoms with Crippen LogP contribution >= 0.6 is 0 Å². The topological polar surface area (TPSA) is 38.3 Å². The molecule has 0 radical (unpaired) electrons. The Morgan fingerprint density at radius 1 is 1.38 bits per heavy atom. The summed E-state index contributed by atoms with van der Waals surface area (Å²) in [6.07, 6.45) is 2.60. The molecule has 0 amide bonds. The lowest BCUT2D eigenvalue weighted by molar-refractivity contribution is -0.149. The highest BCUT2D eigenvalue weighted by Crippen LogP contribution is 2.18. The van der Waals surface area contributed by atoms with E-state index in [-0.39, 0.29) is 5.97 Å². The van der Waals surface area contributed by atoms with Gasteiger partial charge < -0.3 is 10.1 Å². The second kappa shape index (κ2) is 5.97. The summed E-state index contributed by atoms with van der Waals surface area (Å²) in [5.41, 5.74) is -0.460. The molecule has 3 nitrogen and oxygen atoms in total. The highest BCUT2D eigenvalue weighted by molar-refractivity contribution is 5.80. The van der Waals surface area contributed by atoms with E-state index < -0.39 is 5.54 Å². The molecule has 0 aromatic heterocycles. The number of methoxy groups -OCH3 is 1. The molecule has 3 heteroatoms. The highest BCUT2D eigenvalue weighted by Gasteiger charge is 2.35. The van der Waals surface area contributed by atoms with E-state index in [0.29, 0.717) is 0 Å². The molecule has 13 heavy (non-hydrogen) atoms. The van der Waals surface area contributed by atoms with Crippen LogP contribution in [0.1, 0.15) is 40.0 Å². The van der Waals surface area contributed by atoms with Crippen LogP contribution in [0.15, 0.2) is 0 Å². The molecule has 0 rings (SSSR count). The number of esters is 1. The summed E-state index contributed by atoms with van der Waals surface area (Å²) in [4.78, 5) is 11.6. The van der Waals surface area contributed by atoms with E-state index in [1.54, 1.807) is 0 Å². The number of nitrogens with one attached hydrogen (secondary N) is 1. The van der Waals surface area contributed by atoms with Crippen molar-refractivity contribution in [2.75, 3.05) is 13.7 Å². The molecule has 1 N–H and O–H groups in total. The third-order valence-electron chi connectivity index (χ3n) is 2.37. The monoisotopic (exact) mass is 187 g/mol. The molecule has 0 aliphatic rings. The van der Waals surface area contributed by atoms with Gasteiger partial charge in [0.15, 0.2) is 0 Å². The Kier molecular flexibility index (Phi) is 5.71. The van der Waals surface area contributed by atoms with Crippen LogP contribution < -0.4 is 5.32 Å². The average Bonchev–Trinajstić information content (AvgIpc) is 2.16. The number of carbonyl (C=O) groups is 1. The minimum absolute atomic E-state index is 0.140. The Balaban J connectivity index is 4.52. The maximum Gasteiger partial charge on any atom is 0.326 e. The number of ether oxygens (including phenoxy) is 1. The summed E-state index contributed by atoms with van der Waals surface area (Å²) >= 11 is 0. The van der Waals surface area contributed by atoms with Crippen molar-refractivity contribution in [2.45, 2.75) is 45.6 Å². The molecule has 1 unspecified atom stereocenters. The van der Waals surface area contributed by atoms with Crippen molar-refractivity contribution in [2.24, 2.45) is 0 Å². The fraction of sp³-hybridized carbons (Fsp3) is 0.900. The van der Waals surface area contributed by atoms with Gasteiger partial charge in [-0.25, -0.2) is 0 Å². The van der Waals surface area contributed by atoms with Crippen molar-refractivity contribution in [1.29, 1.82) is 0 Å². The first-order valence-corrected chi connectivity index (χ1v) is 5.00. The zero-order valence-electron chi connectivity index (χ0n) is 9.14. The lowest BCUT2D eigenvalue weighted by Crippen LogP contribution is -2.52. The Morgan fingerprint density at radius 2 is 2.00 bits per heavy atom. The number of likely N-dealkylation sites (N-methyl/N-ethyl adjacent to an activating group) is 1. The fourth-order valence-electron chi connectivity index (χ4n) is 1.67. The normalized spacial score (nSPS) is 15.1. The molecule has 0 bridgehead atoms. The summed E-state index contributed by atoms with van der Waals surface area (Å²) in [5.74, 6) is -0.140. The number of rotatable bonds is 6. The lowest BCUT2D eigenvalue weighted by atomic mass is 9.90. The SMILES string of the molecule is CCCC(CC)(NCC)C(=O)OC. The molecule has 0 aromatic carbocycles. The van der Waals surface area contributed by atoms with E-state index in [1.165, 1.54) is 7.11 Å². The van der Waals surface area contributed by atoms with E-state index in [1.807, 2.05) is 13.8 Å². The molecular weight excluding hydrogens is 166 g/mol. The summed E-state index contributed by atoms with van der Waals surface area (Å²) < 4.78 is 4.81. The van der Waals surface area contributed by atoms with Crippen molar-refractivity contribution >= 4 is 5.97 Å². The zero-order valence-corrected chi connectivity index (χ0v) is 9.14. The summed E-state index contributed by atoms with van der Waals surface area (Å²) in [6, 6.07) is 0. The van der Waals surface area contributed by atoms with Crippen molar-refractivity contribution in [3.05, 3.63) is 0 Å². The second-order valence-corrected chi connectivity index (χ2v) is 3.21. The van der Waals surface area contributed by atoms with Gasteiger partial charge in [-0.1, -0.05) is 27.2 Å². The molecule has 0 spiro atoms. The molecular formula is C10H21NO2. The van der Waals surface area contributed by atoms with E-state index in [0.717, 1.165) is 25.8 Å². The predicted molar refractivity (Wildman–Crippen MR) is 53.6 cm³/mol. The first-order chi connectivity index (χ1) is 6.16. The maximum atomic E-state index is 11.6. The smallest absolute Gasteiger partial charge is 0.326 e. The van der Waals surface area contributed by atoms with Gasteiger partial charge in [0, 0.05) is 0 Å². The minimum Gasteiger partial charge on any atom is -0.468 e. The van der Waals surface area contributed by atoms with Gasteiger partial charge in [-0.2, -0.15) is 0 Å². The number of hydrogen-bond acceptors (Lipinski definition) is 3. The minimum atomic E-state index is -0.460. The van der Waals surface area contributed by atoms with Gasteiger partial charge in [0.25, 0.3) is 0 Å². The maximum absolute atomic E-state index is 11.6. The molecule has 78 valence electrons. The van der Waals surface area contributed by atoms with Crippen LogP contribution in [0.3, 0.4) is 0 Å². The lowest BCUT2D eigenvalue weighted by Gasteiger charge is -2.30. The Labute approximate surface area is 80.8 Å². The van der Waals surface area contributed by atoms with Crippen LogP contribution in [0.5, 0.6) is 0 Å².